The Morgan fingerprint density at radius 3 is 2.82 bits per heavy atom. The van der Waals surface area contributed by atoms with Crippen LogP contribution in [0.25, 0.3) is 0 Å². The van der Waals surface area contributed by atoms with E-state index in [0.29, 0.717) is 24.1 Å². The molecule has 3 heteroatoms. The van der Waals surface area contributed by atoms with E-state index in [1.807, 2.05) is 32.0 Å². The summed E-state index contributed by atoms with van der Waals surface area (Å²) in [6.45, 7) is 7.06. The fourth-order valence-electron chi connectivity index (χ4n) is 4.07. The smallest absolute Gasteiger partial charge is 0.338 e. The van der Waals surface area contributed by atoms with Gasteiger partial charge in [-0.25, -0.2) is 4.79 Å². The van der Waals surface area contributed by atoms with Crippen molar-refractivity contribution in [2.75, 3.05) is 19.7 Å². The first-order valence-corrected chi connectivity index (χ1v) is 8.63. The van der Waals surface area contributed by atoms with Gasteiger partial charge in [0.2, 0.25) is 0 Å². The predicted octanol–water partition coefficient (Wildman–Crippen LogP) is 3.72. The number of fused-ring (bicyclic) bond motifs is 1. The Morgan fingerprint density at radius 2 is 2.00 bits per heavy atom. The van der Waals surface area contributed by atoms with Crippen LogP contribution in [0.4, 0.5) is 0 Å². The first-order chi connectivity index (χ1) is 10.6. The van der Waals surface area contributed by atoms with E-state index in [1.54, 1.807) is 0 Å². The van der Waals surface area contributed by atoms with Gasteiger partial charge in [0.1, 0.15) is 0 Å². The minimum Gasteiger partial charge on any atom is -0.462 e. The third-order valence-electron chi connectivity index (χ3n) is 5.26. The van der Waals surface area contributed by atoms with Crippen LogP contribution in [0.2, 0.25) is 0 Å². The molecule has 0 aromatic heterocycles. The summed E-state index contributed by atoms with van der Waals surface area (Å²) in [4.78, 5) is 15.0. The standard InChI is InChI=1S/C19H27NO2/c1-14-8-9-17(15(2)12-14)19(21)22-13-16-6-5-11-20-10-4-3-7-18(16)20/h8-9,12,16,18H,3-7,10-11,13H2,1-2H3/t16-,18-/m1/s1. The van der Waals surface area contributed by atoms with Crippen molar-refractivity contribution < 1.29 is 9.53 Å². The number of aryl methyl sites for hydroxylation is 2. The molecule has 0 saturated carbocycles. The van der Waals surface area contributed by atoms with Gasteiger partial charge in [0.15, 0.2) is 0 Å². The van der Waals surface area contributed by atoms with Crippen molar-refractivity contribution in [1.82, 2.24) is 4.90 Å². The summed E-state index contributed by atoms with van der Waals surface area (Å²) in [5.74, 6) is 0.356. The molecular weight excluding hydrogens is 274 g/mol. The zero-order valence-corrected chi connectivity index (χ0v) is 13.8. The van der Waals surface area contributed by atoms with Crippen molar-refractivity contribution in [2.24, 2.45) is 5.92 Å². The normalized spacial score (nSPS) is 25.5. The van der Waals surface area contributed by atoms with Crippen LogP contribution in [-0.2, 0) is 4.74 Å². The lowest BCUT2D eigenvalue weighted by atomic mass is 9.84. The highest BCUT2D eigenvalue weighted by molar-refractivity contribution is 5.91. The third kappa shape index (κ3) is 3.35. The highest BCUT2D eigenvalue weighted by atomic mass is 16.5. The Balaban J connectivity index is 1.60. The molecule has 2 aliphatic heterocycles. The molecule has 0 radical (unpaired) electrons. The minimum absolute atomic E-state index is 0.162. The lowest BCUT2D eigenvalue weighted by Gasteiger charge is -2.44. The summed E-state index contributed by atoms with van der Waals surface area (Å²) in [5, 5.41) is 0. The fourth-order valence-corrected chi connectivity index (χ4v) is 4.07. The van der Waals surface area contributed by atoms with Crippen molar-refractivity contribution in [3.05, 3.63) is 34.9 Å². The molecule has 3 rings (SSSR count). The van der Waals surface area contributed by atoms with Crippen molar-refractivity contribution in [2.45, 2.75) is 52.0 Å². The maximum Gasteiger partial charge on any atom is 0.338 e. The number of carbonyl (C=O) groups excluding carboxylic acids is 1. The van der Waals surface area contributed by atoms with E-state index in [-0.39, 0.29) is 5.97 Å². The number of piperidine rings is 2. The summed E-state index contributed by atoms with van der Waals surface area (Å²) in [6, 6.07) is 6.54. The highest BCUT2D eigenvalue weighted by Crippen LogP contribution is 2.31. The van der Waals surface area contributed by atoms with Gasteiger partial charge in [0, 0.05) is 12.0 Å². The van der Waals surface area contributed by atoms with Crippen LogP contribution in [0, 0.1) is 19.8 Å². The average molecular weight is 301 g/mol. The molecule has 22 heavy (non-hydrogen) atoms. The second-order valence-electron chi connectivity index (χ2n) is 6.92. The molecule has 0 amide bonds. The molecule has 2 fully saturated rings. The number of nitrogens with zero attached hydrogens (tertiary/aromatic N) is 1. The number of carbonyl (C=O) groups is 1. The van der Waals surface area contributed by atoms with Crippen molar-refractivity contribution in [3.8, 4) is 0 Å². The van der Waals surface area contributed by atoms with Gasteiger partial charge in [0.05, 0.1) is 12.2 Å². The number of ether oxygens (including phenoxy) is 1. The maximum atomic E-state index is 12.3. The quantitative estimate of drug-likeness (QED) is 0.797. The van der Waals surface area contributed by atoms with Gasteiger partial charge in [0.25, 0.3) is 0 Å². The Labute approximate surface area is 133 Å². The summed E-state index contributed by atoms with van der Waals surface area (Å²) in [5.41, 5.74) is 2.90. The second-order valence-corrected chi connectivity index (χ2v) is 6.92. The topological polar surface area (TPSA) is 29.5 Å². The number of hydrogen-bond donors (Lipinski definition) is 0. The Bertz CT molecular complexity index is 538. The van der Waals surface area contributed by atoms with Crippen molar-refractivity contribution in [3.63, 3.8) is 0 Å². The Kier molecular flexibility index (Phi) is 4.82. The van der Waals surface area contributed by atoms with Gasteiger partial charge in [-0.2, -0.15) is 0 Å². The zero-order valence-electron chi connectivity index (χ0n) is 13.8. The van der Waals surface area contributed by atoms with E-state index in [9.17, 15) is 4.79 Å². The SMILES string of the molecule is Cc1ccc(C(=O)OC[C@H]2CCCN3CCCC[C@H]23)c(C)c1. The summed E-state index contributed by atoms with van der Waals surface area (Å²) < 4.78 is 5.67. The van der Waals surface area contributed by atoms with E-state index < -0.39 is 0 Å². The number of benzene rings is 1. The average Bonchev–Trinajstić information content (AvgIpc) is 2.52. The van der Waals surface area contributed by atoms with Crippen LogP contribution in [0.5, 0.6) is 0 Å². The maximum absolute atomic E-state index is 12.3. The summed E-state index contributed by atoms with van der Waals surface area (Å²) in [6.07, 6.45) is 6.35. The molecule has 2 aliphatic rings. The van der Waals surface area contributed by atoms with Crippen molar-refractivity contribution in [1.29, 1.82) is 0 Å². The molecule has 120 valence electrons. The molecule has 0 aliphatic carbocycles. The van der Waals surface area contributed by atoms with Crippen LogP contribution >= 0.6 is 0 Å². The number of hydrogen-bond acceptors (Lipinski definition) is 3. The molecule has 0 unspecified atom stereocenters. The molecule has 2 heterocycles. The van der Waals surface area contributed by atoms with Gasteiger partial charge >= 0.3 is 5.97 Å². The molecule has 0 spiro atoms. The molecule has 3 nitrogen and oxygen atoms in total. The summed E-state index contributed by atoms with van der Waals surface area (Å²) in [7, 11) is 0. The minimum atomic E-state index is -0.162. The van der Waals surface area contributed by atoms with Crippen LogP contribution in [0.15, 0.2) is 18.2 Å². The van der Waals surface area contributed by atoms with E-state index in [1.165, 1.54) is 50.8 Å². The molecule has 1 aromatic rings. The van der Waals surface area contributed by atoms with Gasteiger partial charge in [-0.15, -0.1) is 0 Å². The number of rotatable bonds is 3. The van der Waals surface area contributed by atoms with Gasteiger partial charge < -0.3 is 4.74 Å². The fraction of sp³-hybridized carbons (Fsp3) is 0.632. The summed E-state index contributed by atoms with van der Waals surface area (Å²) >= 11 is 0. The molecule has 2 saturated heterocycles. The Hall–Kier alpha value is -1.35. The largest absolute Gasteiger partial charge is 0.462 e. The highest BCUT2D eigenvalue weighted by Gasteiger charge is 2.33. The first-order valence-electron chi connectivity index (χ1n) is 8.63. The molecule has 1 aromatic carbocycles. The molecule has 2 atom stereocenters. The predicted molar refractivity (Wildman–Crippen MR) is 88.1 cm³/mol. The van der Waals surface area contributed by atoms with E-state index in [4.69, 9.17) is 4.74 Å². The molecular formula is C19H27NO2. The van der Waals surface area contributed by atoms with E-state index >= 15 is 0 Å². The molecule has 0 bridgehead atoms. The van der Waals surface area contributed by atoms with Crippen LogP contribution < -0.4 is 0 Å². The van der Waals surface area contributed by atoms with Gasteiger partial charge in [-0.3, -0.25) is 4.90 Å². The second kappa shape index (κ2) is 6.82. The zero-order chi connectivity index (χ0) is 15.5. The third-order valence-corrected chi connectivity index (χ3v) is 5.26. The van der Waals surface area contributed by atoms with Crippen molar-refractivity contribution >= 4 is 5.97 Å². The van der Waals surface area contributed by atoms with E-state index in [0.717, 1.165) is 5.56 Å². The van der Waals surface area contributed by atoms with Gasteiger partial charge in [-0.05, 0) is 64.3 Å². The van der Waals surface area contributed by atoms with Crippen LogP contribution in [0.1, 0.15) is 53.6 Å². The lowest BCUT2D eigenvalue weighted by Crippen LogP contribution is -2.49. The monoisotopic (exact) mass is 301 g/mol. The van der Waals surface area contributed by atoms with Crippen LogP contribution in [0.3, 0.4) is 0 Å². The molecule has 0 N–H and O–H groups in total. The Morgan fingerprint density at radius 1 is 1.18 bits per heavy atom. The van der Waals surface area contributed by atoms with E-state index in [2.05, 4.69) is 4.90 Å². The van der Waals surface area contributed by atoms with Crippen LogP contribution in [-0.4, -0.2) is 36.6 Å². The first kappa shape index (κ1) is 15.5. The van der Waals surface area contributed by atoms with Gasteiger partial charge in [-0.1, -0.05) is 24.1 Å². The number of esters is 1. The lowest BCUT2D eigenvalue weighted by molar-refractivity contribution is 0.00734.